The van der Waals surface area contributed by atoms with Crippen molar-refractivity contribution in [1.29, 1.82) is 0 Å². The van der Waals surface area contributed by atoms with Crippen LogP contribution in [0.1, 0.15) is 85.5 Å². The lowest BCUT2D eigenvalue weighted by molar-refractivity contribution is -0.144. The Balaban J connectivity index is 3.16. The van der Waals surface area contributed by atoms with Crippen molar-refractivity contribution in [3.63, 3.8) is 0 Å². The number of carboxylic acids is 1. The summed E-state index contributed by atoms with van der Waals surface area (Å²) < 4.78 is 5.08. The molecule has 0 aromatic heterocycles. The van der Waals surface area contributed by atoms with Gasteiger partial charge in [0.2, 0.25) is 41.4 Å². The molecule has 0 spiro atoms. The summed E-state index contributed by atoms with van der Waals surface area (Å²) in [4.78, 5) is 130. The quantitative estimate of drug-likeness (QED) is 0.0161. The number of aliphatic carboxylic acids is 1. The number of nitrogens with zero attached hydrogens (tertiary/aromatic N) is 1. The lowest BCUT2D eigenvalue weighted by Crippen LogP contribution is -2.60. The molecule has 0 radical (unpaired) electrons. The van der Waals surface area contributed by atoms with E-state index in [0.29, 0.717) is 57.1 Å². The van der Waals surface area contributed by atoms with E-state index >= 15 is 0 Å². The number of unbranched alkanes of at least 4 members (excludes halogenated alkanes) is 1. The highest BCUT2D eigenvalue weighted by atomic mass is 32.2. The van der Waals surface area contributed by atoms with E-state index in [1.54, 1.807) is 27.7 Å². The molecule has 62 heavy (non-hydrogen) atoms. The van der Waals surface area contributed by atoms with Crippen LogP contribution >= 0.6 is 24.4 Å². The van der Waals surface area contributed by atoms with Crippen LogP contribution in [-0.4, -0.2) is 156 Å². The van der Waals surface area contributed by atoms with Crippen LogP contribution < -0.4 is 43.4 Å². The highest BCUT2D eigenvalue weighted by Crippen LogP contribution is 2.22. The second kappa shape index (κ2) is 29.8. The molecule has 0 saturated carbocycles. The van der Waals surface area contributed by atoms with Gasteiger partial charge in [-0.3, -0.25) is 43.2 Å². The van der Waals surface area contributed by atoms with Crippen molar-refractivity contribution < 1.29 is 57.8 Å². The fourth-order valence-electron chi connectivity index (χ4n) is 6.32. The van der Waals surface area contributed by atoms with Gasteiger partial charge in [-0.25, -0.2) is 0 Å². The molecule has 0 aliphatic carbocycles. The van der Waals surface area contributed by atoms with Crippen molar-refractivity contribution >= 4 is 84.0 Å². The van der Waals surface area contributed by atoms with E-state index in [1.807, 2.05) is 6.26 Å². The number of amides is 7. The lowest BCUT2D eigenvalue weighted by atomic mass is 9.96. The maximum atomic E-state index is 13.9. The van der Waals surface area contributed by atoms with Crippen LogP contribution in [0.5, 0.6) is 0 Å². The van der Waals surface area contributed by atoms with Crippen LogP contribution in [-0.2, 0) is 52.7 Å². The zero-order valence-electron chi connectivity index (χ0n) is 36.3. The first-order valence-electron chi connectivity index (χ1n) is 20.9. The van der Waals surface area contributed by atoms with E-state index in [9.17, 15) is 47.9 Å². The number of thioether (sulfide) groups is 1. The number of likely N-dealkylation sites (tertiary alicyclic amines) is 1. The van der Waals surface area contributed by atoms with Crippen molar-refractivity contribution in [3.05, 3.63) is 0 Å². The number of carbonyl (C=O) groups excluding carboxylic acids is 9. The number of hydrogen-bond acceptors (Lipinski definition) is 15. The topological polar surface area (TPSA) is 328 Å². The summed E-state index contributed by atoms with van der Waals surface area (Å²) in [5, 5.41) is 24.4. The first-order valence-corrected chi connectivity index (χ1v) is 22.9. The van der Waals surface area contributed by atoms with Crippen molar-refractivity contribution in [2.45, 2.75) is 128 Å². The fraction of sp³-hybridized carbons (Fsp3) is 0.744. The Labute approximate surface area is 372 Å². The summed E-state index contributed by atoms with van der Waals surface area (Å²) in [6.45, 7) is 6.18. The number of esters is 1. The molecule has 1 aliphatic rings. The van der Waals surface area contributed by atoms with Crippen LogP contribution in [0.15, 0.2) is 0 Å². The predicted molar refractivity (Wildman–Crippen MR) is 233 cm³/mol. The maximum absolute atomic E-state index is 13.9. The van der Waals surface area contributed by atoms with Gasteiger partial charge >= 0.3 is 11.9 Å². The zero-order chi connectivity index (χ0) is 46.9. The number of carbonyl (C=O) groups is 10. The summed E-state index contributed by atoms with van der Waals surface area (Å²) in [5.74, 6) is -7.90. The molecule has 0 aromatic rings. The van der Waals surface area contributed by atoms with E-state index in [4.69, 9.17) is 21.3 Å². The Kier molecular flexibility index (Phi) is 26.7. The van der Waals surface area contributed by atoms with Crippen LogP contribution in [0.3, 0.4) is 0 Å². The number of hydrogen-bond donors (Lipinski definition) is 10. The summed E-state index contributed by atoms with van der Waals surface area (Å²) in [5.41, 5.74) is 11.4. The molecule has 1 aliphatic heterocycles. The van der Waals surface area contributed by atoms with Gasteiger partial charge < -0.3 is 62.9 Å². The van der Waals surface area contributed by atoms with Crippen molar-refractivity contribution in [2.24, 2.45) is 23.3 Å². The third-order valence-electron chi connectivity index (χ3n) is 10.5. The Morgan fingerprint density at radius 2 is 1.52 bits per heavy atom. The number of nitrogens with two attached hydrogens (primary N) is 2. The van der Waals surface area contributed by atoms with Gasteiger partial charge in [0, 0.05) is 6.54 Å². The third-order valence-corrected chi connectivity index (χ3v) is 11.4. The Morgan fingerprint density at radius 3 is 2.10 bits per heavy atom. The van der Waals surface area contributed by atoms with E-state index in [-0.39, 0.29) is 25.1 Å². The SMILES string of the molecule is CC[C@H](C)[C@H](NC(=O)[C@@H]1CCCN1C(=O)[C@@H](NC(=O)[C@@H](N)CC(=O)O)[C@@H](C)CC)C(=O)NCC(=O)N[C@@H](COC(=O)CS)C(=O)N[C@@H](CCCCN)C(=O)N[C@H](C=O)CCSC. The van der Waals surface area contributed by atoms with Gasteiger partial charge in [0.25, 0.3) is 0 Å². The number of thiol groups is 1. The average molecular weight is 918 g/mol. The predicted octanol–water partition coefficient (Wildman–Crippen LogP) is -2.03. The summed E-state index contributed by atoms with van der Waals surface area (Å²) in [7, 11) is 0. The average Bonchev–Trinajstić information content (AvgIpc) is 3.75. The van der Waals surface area contributed by atoms with Gasteiger partial charge in [-0.05, 0) is 68.9 Å². The lowest BCUT2D eigenvalue weighted by Gasteiger charge is -2.33. The monoisotopic (exact) mass is 917 g/mol. The third kappa shape index (κ3) is 19.3. The molecule has 21 nitrogen and oxygen atoms in total. The molecule has 1 rings (SSSR count). The molecule has 1 heterocycles. The molecule has 1 saturated heterocycles. The molecule has 0 unspecified atom stereocenters. The Hall–Kier alpha value is -4.48. The molecule has 9 atom stereocenters. The second-order valence-electron chi connectivity index (χ2n) is 15.2. The van der Waals surface area contributed by atoms with E-state index < -0.39 is 127 Å². The maximum Gasteiger partial charge on any atom is 0.315 e. The van der Waals surface area contributed by atoms with Gasteiger partial charge in [0.05, 0.1) is 30.8 Å². The highest BCUT2D eigenvalue weighted by Gasteiger charge is 2.41. The molecular weight excluding hydrogens is 851 g/mol. The second-order valence-corrected chi connectivity index (χ2v) is 16.5. The zero-order valence-corrected chi connectivity index (χ0v) is 38.0. The molecule has 11 N–H and O–H groups in total. The largest absolute Gasteiger partial charge is 0.481 e. The van der Waals surface area contributed by atoms with Gasteiger partial charge in [0.15, 0.2) is 0 Å². The van der Waals surface area contributed by atoms with E-state index in [1.165, 1.54) is 16.7 Å². The normalized spacial score (nSPS) is 17.4. The van der Waals surface area contributed by atoms with Gasteiger partial charge in [0.1, 0.15) is 43.1 Å². The standard InChI is InChI=1S/C39H67N9O12S2/c1-6-22(3)32(46-37(57)28-12-10-15-48(28)39(59)33(23(4)7-2)47-34(54)25(41)17-30(51)52)38(58)42-18-29(50)44-27(20-60-31(53)21-61)36(56)45-26(11-8-9-14-40)35(55)43-24(19-49)13-16-62-5/h19,22-28,32-33,61H,6-18,20-21,40-41H2,1-5H3,(H,42,58)(H,43,55)(H,44,50)(H,45,56)(H,46,57)(H,47,54)(H,51,52)/t22-,23-,24-,25-,26-,27-,28-,32-,33-/m0/s1. The highest BCUT2D eigenvalue weighted by molar-refractivity contribution is 7.98. The molecular formula is C39H67N9O12S2. The van der Waals surface area contributed by atoms with Crippen molar-refractivity contribution in [2.75, 3.05) is 44.0 Å². The summed E-state index contributed by atoms with van der Waals surface area (Å²) in [6.07, 6.45) is 4.84. The van der Waals surface area contributed by atoms with E-state index in [0.717, 1.165) is 0 Å². The fourth-order valence-corrected chi connectivity index (χ4v) is 6.90. The van der Waals surface area contributed by atoms with Crippen LogP contribution in [0.4, 0.5) is 0 Å². The number of ether oxygens (including phenoxy) is 1. The molecule has 352 valence electrons. The van der Waals surface area contributed by atoms with Crippen LogP contribution in [0.2, 0.25) is 0 Å². The van der Waals surface area contributed by atoms with Crippen molar-refractivity contribution in [3.8, 4) is 0 Å². The smallest absolute Gasteiger partial charge is 0.315 e. The minimum atomic E-state index is -1.53. The number of nitrogens with one attached hydrogen (secondary N) is 6. The first-order chi connectivity index (χ1) is 29.4. The molecule has 0 aromatic carbocycles. The van der Waals surface area contributed by atoms with Crippen LogP contribution in [0, 0.1) is 11.8 Å². The molecule has 23 heteroatoms. The van der Waals surface area contributed by atoms with Gasteiger partial charge in [-0.1, -0.05) is 40.5 Å². The number of carboxylic acid groups (broad SMARTS) is 1. The summed E-state index contributed by atoms with van der Waals surface area (Å²) >= 11 is 5.35. The summed E-state index contributed by atoms with van der Waals surface area (Å²) in [6, 6.07) is -8.17. The minimum Gasteiger partial charge on any atom is -0.481 e. The van der Waals surface area contributed by atoms with Crippen LogP contribution in [0.25, 0.3) is 0 Å². The Morgan fingerprint density at radius 1 is 0.871 bits per heavy atom. The number of rotatable bonds is 30. The number of aldehydes is 1. The van der Waals surface area contributed by atoms with Gasteiger partial charge in [-0.2, -0.15) is 24.4 Å². The minimum absolute atomic E-state index is 0.143. The molecule has 0 bridgehead atoms. The molecule has 7 amide bonds. The van der Waals surface area contributed by atoms with Gasteiger partial charge in [-0.15, -0.1) is 0 Å². The first kappa shape index (κ1) is 55.5. The Bertz CT molecular complexity index is 1540. The van der Waals surface area contributed by atoms with E-state index in [2.05, 4.69) is 44.5 Å². The van der Waals surface area contributed by atoms with Crippen molar-refractivity contribution in [1.82, 2.24) is 36.8 Å². The molecule has 1 fully saturated rings.